The van der Waals surface area contributed by atoms with Gasteiger partial charge in [-0.2, -0.15) is 0 Å². The minimum Gasteiger partial charge on any atom is -0.378 e. The number of nitrogens with zero attached hydrogens (tertiary/aromatic N) is 2. The molecule has 0 amide bonds. The number of benzene rings is 1. The minimum absolute atomic E-state index is 0.304. The zero-order valence-electron chi connectivity index (χ0n) is 14.9. The van der Waals surface area contributed by atoms with Gasteiger partial charge in [-0.25, -0.2) is 0 Å². The Morgan fingerprint density at radius 1 is 1.22 bits per heavy atom. The van der Waals surface area contributed by atoms with Crippen molar-refractivity contribution in [3.05, 3.63) is 29.3 Å². The molecule has 2 aliphatic rings. The topological polar surface area (TPSA) is 27.7 Å². The number of piperidine rings is 1. The Bertz CT molecular complexity index is 519. The minimum atomic E-state index is 0.304. The van der Waals surface area contributed by atoms with E-state index in [1.807, 2.05) is 0 Å². The highest BCUT2D eigenvalue weighted by Crippen LogP contribution is 2.30. The molecule has 2 fully saturated rings. The number of nitrogens with one attached hydrogen (secondary N) is 1. The van der Waals surface area contributed by atoms with Crippen LogP contribution in [0, 0.1) is 6.92 Å². The molecule has 1 aromatic carbocycles. The first kappa shape index (κ1) is 16.7. The van der Waals surface area contributed by atoms with Crippen molar-refractivity contribution in [2.45, 2.75) is 38.8 Å². The maximum Gasteiger partial charge on any atom is 0.0642 e. The van der Waals surface area contributed by atoms with Crippen LogP contribution in [0.25, 0.3) is 0 Å². The number of hydrogen-bond donors (Lipinski definition) is 1. The van der Waals surface area contributed by atoms with Gasteiger partial charge in [0.05, 0.1) is 13.2 Å². The van der Waals surface area contributed by atoms with E-state index in [2.05, 4.69) is 54.2 Å². The summed E-state index contributed by atoms with van der Waals surface area (Å²) in [5, 5.41) is 3.48. The highest BCUT2D eigenvalue weighted by molar-refractivity contribution is 5.55. The number of rotatable bonds is 4. The van der Waals surface area contributed by atoms with Gasteiger partial charge in [-0.3, -0.25) is 4.90 Å². The molecule has 0 saturated carbocycles. The number of hydrogen-bond acceptors (Lipinski definition) is 4. The van der Waals surface area contributed by atoms with Gasteiger partial charge in [-0.05, 0) is 64.0 Å². The van der Waals surface area contributed by atoms with Crippen LogP contribution in [0.3, 0.4) is 0 Å². The standard InChI is InChI=1S/C19H31N3O/c1-16-4-5-17(18(14-16)22-10-12-23-13-11-22)15-21(3)19(2)6-8-20-9-7-19/h4-5,14,20H,6-13,15H2,1-3H3. The molecule has 2 saturated heterocycles. The summed E-state index contributed by atoms with van der Waals surface area (Å²) in [4.78, 5) is 5.05. The molecule has 23 heavy (non-hydrogen) atoms. The van der Waals surface area contributed by atoms with E-state index >= 15 is 0 Å². The van der Waals surface area contributed by atoms with E-state index in [1.54, 1.807) is 0 Å². The first-order valence-electron chi connectivity index (χ1n) is 8.93. The Balaban J connectivity index is 1.78. The molecule has 1 N–H and O–H groups in total. The number of aryl methyl sites for hydroxylation is 1. The molecule has 0 atom stereocenters. The molecule has 0 bridgehead atoms. The fourth-order valence-electron chi connectivity index (χ4n) is 3.70. The van der Waals surface area contributed by atoms with Gasteiger partial charge in [0.2, 0.25) is 0 Å². The van der Waals surface area contributed by atoms with Crippen molar-refractivity contribution in [1.29, 1.82) is 0 Å². The van der Waals surface area contributed by atoms with E-state index in [9.17, 15) is 0 Å². The Morgan fingerprint density at radius 3 is 2.61 bits per heavy atom. The summed E-state index contributed by atoms with van der Waals surface area (Å²) in [5.74, 6) is 0. The predicted octanol–water partition coefficient (Wildman–Crippen LogP) is 2.41. The quantitative estimate of drug-likeness (QED) is 0.923. The van der Waals surface area contributed by atoms with Crippen LogP contribution in [-0.2, 0) is 11.3 Å². The highest BCUT2D eigenvalue weighted by atomic mass is 16.5. The van der Waals surface area contributed by atoms with Crippen molar-refractivity contribution in [2.24, 2.45) is 0 Å². The normalized spacial score (nSPS) is 21.7. The van der Waals surface area contributed by atoms with E-state index in [4.69, 9.17) is 4.74 Å². The van der Waals surface area contributed by atoms with Gasteiger partial charge in [-0.1, -0.05) is 12.1 Å². The third-order valence-electron chi connectivity index (χ3n) is 5.60. The van der Waals surface area contributed by atoms with Gasteiger partial charge in [-0.15, -0.1) is 0 Å². The summed E-state index contributed by atoms with van der Waals surface area (Å²) < 4.78 is 5.52. The number of ether oxygens (including phenoxy) is 1. The van der Waals surface area contributed by atoms with Crippen molar-refractivity contribution in [2.75, 3.05) is 51.3 Å². The van der Waals surface area contributed by atoms with Crippen LogP contribution in [0.2, 0.25) is 0 Å². The Morgan fingerprint density at radius 2 is 1.91 bits per heavy atom. The lowest BCUT2D eigenvalue weighted by molar-refractivity contribution is 0.0925. The van der Waals surface area contributed by atoms with E-state index in [0.29, 0.717) is 5.54 Å². The fraction of sp³-hybridized carbons (Fsp3) is 0.684. The smallest absolute Gasteiger partial charge is 0.0642 e. The molecular weight excluding hydrogens is 286 g/mol. The number of anilines is 1. The maximum atomic E-state index is 5.52. The first-order valence-corrected chi connectivity index (χ1v) is 8.93. The Hall–Kier alpha value is -1.10. The summed E-state index contributed by atoms with van der Waals surface area (Å²) >= 11 is 0. The van der Waals surface area contributed by atoms with E-state index < -0.39 is 0 Å². The first-order chi connectivity index (χ1) is 11.1. The van der Waals surface area contributed by atoms with Gasteiger partial charge in [0, 0.05) is 30.9 Å². The van der Waals surface area contributed by atoms with Crippen molar-refractivity contribution in [3.63, 3.8) is 0 Å². The molecule has 1 aromatic rings. The average Bonchev–Trinajstić information content (AvgIpc) is 2.58. The lowest BCUT2D eigenvalue weighted by Crippen LogP contribution is -2.50. The second-order valence-electron chi connectivity index (χ2n) is 7.33. The monoisotopic (exact) mass is 317 g/mol. The summed E-state index contributed by atoms with van der Waals surface area (Å²) in [6.07, 6.45) is 2.45. The van der Waals surface area contributed by atoms with E-state index in [0.717, 1.165) is 45.9 Å². The molecule has 2 aliphatic heterocycles. The highest BCUT2D eigenvalue weighted by Gasteiger charge is 2.31. The third kappa shape index (κ3) is 3.87. The largest absolute Gasteiger partial charge is 0.378 e. The molecule has 0 aromatic heterocycles. The fourth-order valence-corrected chi connectivity index (χ4v) is 3.70. The molecule has 128 valence electrons. The van der Waals surface area contributed by atoms with Gasteiger partial charge >= 0.3 is 0 Å². The molecule has 0 aliphatic carbocycles. The summed E-state index contributed by atoms with van der Waals surface area (Å²) in [6, 6.07) is 6.91. The average molecular weight is 317 g/mol. The van der Waals surface area contributed by atoms with Crippen LogP contribution in [0.4, 0.5) is 5.69 Å². The lowest BCUT2D eigenvalue weighted by atomic mass is 9.88. The van der Waals surface area contributed by atoms with Crippen LogP contribution in [0.5, 0.6) is 0 Å². The zero-order valence-corrected chi connectivity index (χ0v) is 14.9. The van der Waals surface area contributed by atoms with Gasteiger partial charge in [0.25, 0.3) is 0 Å². The zero-order chi connectivity index (χ0) is 16.3. The van der Waals surface area contributed by atoms with E-state index in [-0.39, 0.29) is 0 Å². The van der Waals surface area contributed by atoms with Crippen molar-refractivity contribution >= 4 is 5.69 Å². The molecule has 4 nitrogen and oxygen atoms in total. The summed E-state index contributed by atoms with van der Waals surface area (Å²) in [7, 11) is 2.29. The predicted molar refractivity (Wildman–Crippen MR) is 96.2 cm³/mol. The Kier molecular flexibility index (Phi) is 5.24. The van der Waals surface area contributed by atoms with Crippen LogP contribution in [0.15, 0.2) is 18.2 Å². The van der Waals surface area contributed by atoms with Crippen LogP contribution >= 0.6 is 0 Å². The summed E-state index contributed by atoms with van der Waals surface area (Å²) in [5.41, 5.74) is 4.49. The molecule has 4 heteroatoms. The molecule has 0 radical (unpaired) electrons. The van der Waals surface area contributed by atoms with Gasteiger partial charge < -0.3 is 15.0 Å². The second-order valence-corrected chi connectivity index (χ2v) is 7.33. The molecular formula is C19H31N3O. The van der Waals surface area contributed by atoms with Crippen molar-refractivity contribution < 1.29 is 4.74 Å². The van der Waals surface area contributed by atoms with Crippen molar-refractivity contribution in [3.8, 4) is 0 Å². The molecule has 3 rings (SSSR count). The number of morpholine rings is 1. The van der Waals surface area contributed by atoms with Gasteiger partial charge in [0.15, 0.2) is 0 Å². The molecule has 0 spiro atoms. The van der Waals surface area contributed by atoms with Crippen LogP contribution in [0.1, 0.15) is 30.9 Å². The molecule has 2 heterocycles. The van der Waals surface area contributed by atoms with Crippen LogP contribution in [-0.4, -0.2) is 56.9 Å². The maximum absolute atomic E-state index is 5.52. The van der Waals surface area contributed by atoms with Gasteiger partial charge in [0.1, 0.15) is 0 Å². The lowest BCUT2D eigenvalue weighted by Gasteiger charge is -2.43. The van der Waals surface area contributed by atoms with Crippen molar-refractivity contribution in [1.82, 2.24) is 10.2 Å². The third-order valence-corrected chi connectivity index (χ3v) is 5.60. The van der Waals surface area contributed by atoms with E-state index in [1.165, 1.54) is 29.7 Å². The SMILES string of the molecule is Cc1ccc(CN(C)C2(C)CCNCC2)c(N2CCOCC2)c1. The molecule has 0 unspecified atom stereocenters. The van der Waals surface area contributed by atoms with Crippen LogP contribution < -0.4 is 10.2 Å². The Labute approximate surface area is 140 Å². The second kappa shape index (κ2) is 7.20. The summed E-state index contributed by atoms with van der Waals surface area (Å²) in [6.45, 7) is 11.6.